The average Bonchev–Trinajstić information content (AvgIpc) is 2.53. The molecule has 1 aliphatic rings. The van der Waals surface area contributed by atoms with E-state index in [0.29, 0.717) is 12.8 Å². The van der Waals surface area contributed by atoms with Crippen molar-refractivity contribution in [3.8, 4) is 0 Å². The molecule has 1 saturated heterocycles. The number of esters is 1. The maximum Gasteiger partial charge on any atom is 0.355 e. The molecule has 1 N–H and O–H groups in total. The molecule has 1 unspecified atom stereocenters. The monoisotopic (exact) mass is 344 g/mol. The number of carboxylic acids is 1. The zero-order valence-corrected chi connectivity index (χ0v) is 13.7. The zero-order chi connectivity index (χ0) is 17.8. The molecule has 0 aromatic heterocycles. The van der Waals surface area contributed by atoms with Crippen molar-refractivity contribution in [3.63, 3.8) is 0 Å². The van der Waals surface area contributed by atoms with Crippen LogP contribution >= 0.6 is 0 Å². The summed E-state index contributed by atoms with van der Waals surface area (Å²) < 4.78 is 4.93. The molecule has 0 aromatic rings. The predicted octanol–water partition coefficient (Wildman–Crippen LogP) is 2.29. The van der Waals surface area contributed by atoms with Crippen molar-refractivity contribution < 1.29 is 38.8 Å². The Labute approximate surface area is 140 Å². The number of hydrogen-bond acceptors (Lipinski definition) is 7. The second-order valence-corrected chi connectivity index (χ2v) is 5.74. The molecule has 0 amide bonds. The third-order valence-electron chi connectivity index (χ3n) is 3.64. The van der Waals surface area contributed by atoms with Crippen LogP contribution in [0.2, 0.25) is 0 Å². The number of ether oxygens (including phenoxy) is 1. The summed E-state index contributed by atoms with van der Waals surface area (Å²) in [4.78, 5) is 54.3. The summed E-state index contributed by atoms with van der Waals surface area (Å²) in [5, 5.41) is 9.05. The van der Waals surface area contributed by atoms with Crippen molar-refractivity contribution in [2.45, 2.75) is 76.7 Å². The summed E-state index contributed by atoms with van der Waals surface area (Å²) in [6.07, 6.45) is 3.88. The molecule has 0 aromatic carbocycles. The highest BCUT2D eigenvalue weighted by molar-refractivity contribution is 5.78. The van der Waals surface area contributed by atoms with Gasteiger partial charge in [-0.25, -0.2) is 24.2 Å². The molecule has 8 nitrogen and oxygen atoms in total. The van der Waals surface area contributed by atoms with Crippen LogP contribution in [0.15, 0.2) is 0 Å². The molecule has 0 aliphatic carbocycles. The Morgan fingerprint density at radius 3 is 1.75 bits per heavy atom. The van der Waals surface area contributed by atoms with Gasteiger partial charge in [-0.1, -0.05) is 25.7 Å². The summed E-state index contributed by atoms with van der Waals surface area (Å²) in [6, 6.07) is 0. The van der Waals surface area contributed by atoms with Crippen LogP contribution in [0.3, 0.4) is 0 Å². The van der Waals surface area contributed by atoms with E-state index in [1.165, 1.54) is 0 Å². The number of carbonyl (C=O) groups is 4. The van der Waals surface area contributed by atoms with Crippen molar-refractivity contribution in [1.29, 1.82) is 0 Å². The Bertz CT molecular complexity index is 445. The number of hydrogen-bond donors (Lipinski definition) is 1. The van der Waals surface area contributed by atoms with Crippen LogP contribution in [0.1, 0.15) is 70.6 Å². The Hall–Kier alpha value is -2.12. The molecule has 1 atom stereocenters. The number of carboxylic acid groups (broad SMARTS) is 1. The summed E-state index contributed by atoms with van der Waals surface area (Å²) in [5.41, 5.74) is 0. The van der Waals surface area contributed by atoms with E-state index in [4.69, 9.17) is 9.84 Å². The van der Waals surface area contributed by atoms with Crippen LogP contribution in [0.5, 0.6) is 0 Å². The molecule has 0 spiro atoms. The van der Waals surface area contributed by atoms with Gasteiger partial charge in [-0.05, 0) is 25.7 Å². The van der Waals surface area contributed by atoms with Crippen LogP contribution in [-0.4, -0.2) is 35.1 Å². The third-order valence-corrected chi connectivity index (χ3v) is 3.64. The van der Waals surface area contributed by atoms with Gasteiger partial charge in [-0.15, -0.1) is 0 Å². The van der Waals surface area contributed by atoms with E-state index in [0.717, 1.165) is 25.7 Å². The summed E-state index contributed by atoms with van der Waals surface area (Å²) >= 11 is 0. The van der Waals surface area contributed by atoms with E-state index >= 15 is 0 Å². The summed E-state index contributed by atoms with van der Waals surface area (Å²) in [6.45, 7) is 0. The molecule has 24 heavy (non-hydrogen) atoms. The molecule has 1 aliphatic heterocycles. The van der Waals surface area contributed by atoms with Crippen molar-refractivity contribution in [2.75, 3.05) is 0 Å². The molecule has 0 bridgehead atoms. The maximum atomic E-state index is 11.7. The molecular formula is C16H24O8. The Kier molecular flexibility index (Phi) is 9.48. The smallest absolute Gasteiger partial charge is 0.355 e. The Balaban J connectivity index is 2.51. The van der Waals surface area contributed by atoms with Gasteiger partial charge in [0.2, 0.25) is 0 Å². The first-order chi connectivity index (χ1) is 11.5. The zero-order valence-electron chi connectivity index (χ0n) is 13.7. The second kappa shape index (κ2) is 11.4. The van der Waals surface area contributed by atoms with Crippen LogP contribution < -0.4 is 0 Å². The lowest BCUT2D eigenvalue weighted by molar-refractivity contribution is -0.259. The molecule has 8 heteroatoms. The van der Waals surface area contributed by atoms with Crippen molar-refractivity contribution in [2.24, 2.45) is 0 Å². The predicted molar refractivity (Wildman–Crippen MR) is 80.5 cm³/mol. The van der Waals surface area contributed by atoms with Gasteiger partial charge >= 0.3 is 23.9 Å². The average molecular weight is 344 g/mol. The van der Waals surface area contributed by atoms with Crippen molar-refractivity contribution in [3.05, 3.63) is 0 Å². The quantitative estimate of drug-likeness (QED) is 0.569. The van der Waals surface area contributed by atoms with Gasteiger partial charge in [-0.3, -0.25) is 4.79 Å². The van der Waals surface area contributed by atoms with Crippen molar-refractivity contribution in [1.82, 2.24) is 0 Å². The van der Waals surface area contributed by atoms with Crippen LogP contribution in [0.25, 0.3) is 0 Å². The second-order valence-electron chi connectivity index (χ2n) is 5.74. The molecule has 1 fully saturated rings. The highest BCUT2D eigenvalue weighted by atomic mass is 17.2. The molecular weight excluding hydrogens is 320 g/mol. The minimum Gasteiger partial charge on any atom is -0.479 e. The van der Waals surface area contributed by atoms with Gasteiger partial charge in [0.25, 0.3) is 0 Å². The van der Waals surface area contributed by atoms with E-state index in [-0.39, 0.29) is 32.1 Å². The van der Waals surface area contributed by atoms with E-state index in [1.807, 2.05) is 0 Å². The lowest BCUT2D eigenvalue weighted by atomic mass is 10.1. The van der Waals surface area contributed by atoms with Gasteiger partial charge in [0.1, 0.15) is 0 Å². The molecule has 0 saturated carbocycles. The maximum absolute atomic E-state index is 11.7. The van der Waals surface area contributed by atoms with Crippen molar-refractivity contribution >= 4 is 23.9 Å². The highest BCUT2D eigenvalue weighted by Crippen LogP contribution is 2.13. The molecule has 1 heterocycles. The first-order valence-electron chi connectivity index (χ1n) is 8.31. The fraction of sp³-hybridized carbons (Fsp3) is 0.750. The van der Waals surface area contributed by atoms with Crippen LogP contribution in [0, 0.1) is 0 Å². The first kappa shape index (κ1) is 19.9. The summed E-state index contributed by atoms with van der Waals surface area (Å²) in [5.74, 6) is -3.15. The standard InChI is InChI=1S/C16H24O8/c17-13-9-5-3-1-2-4-6-10-14(18)23-24-15(19)11-7-8-12(22-13)16(20)21/h12H,1-11H2,(H,20,21). The van der Waals surface area contributed by atoms with E-state index in [2.05, 4.69) is 9.78 Å². The lowest BCUT2D eigenvalue weighted by Gasteiger charge is -2.13. The molecule has 136 valence electrons. The highest BCUT2D eigenvalue weighted by Gasteiger charge is 2.22. The van der Waals surface area contributed by atoms with Crippen LogP contribution in [0.4, 0.5) is 0 Å². The van der Waals surface area contributed by atoms with Gasteiger partial charge in [0.05, 0.1) is 12.8 Å². The fourth-order valence-corrected chi connectivity index (χ4v) is 2.30. The minimum atomic E-state index is -1.29. The Morgan fingerprint density at radius 1 is 0.750 bits per heavy atom. The molecule has 0 radical (unpaired) electrons. The fourth-order valence-electron chi connectivity index (χ4n) is 2.30. The van der Waals surface area contributed by atoms with Gasteiger partial charge in [0, 0.05) is 6.42 Å². The van der Waals surface area contributed by atoms with Gasteiger partial charge in [0.15, 0.2) is 6.10 Å². The van der Waals surface area contributed by atoms with Gasteiger partial charge in [-0.2, -0.15) is 0 Å². The van der Waals surface area contributed by atoms with E-state index in [1.54, 1.807) is 0 Å². The third kappa shape index (κ3) is 9.12. The largest absolute Gasteiger partial charge is 0.479 e. The van der Waals surface area contributed by atoms with Crippen LogP contribution in [-0.2, 0) is 33.7 Å². The lowest BCUT2D eigenvalue weighted by Crippen LogP contribution is -2.27. The number of aliphatic carboxylic acids is 1. The van der Waals surface area contributed by atoms with E-state index in [9.17, 15) is 19.2 Å². The minimum absolute atomic E-state index is 0.00980. The van der Waals surface area contributed by atoms with E-state index < -0.39 is 30.0 Å². The summed E-state index contributed by atoms with van der Waals surface area (Å²) in [7, 11) is 0. The Morgan fingerprint density at radius 2 is 1.21 bits per heavy atom. The number of cyclic esters (lactones) is 1. The number of rotatable bonds is 1. The molecule has 1 rings (SSSR count). The SMILES string of the molecule is O=C1CCCCCCCCC(=O)OC(C(=O)O)CCCC(=O)OO1. The van der Waals surface area contributed by atoms with Gasteiger partial charge < -0.3 is 9.84 Å². The topological polar surface area (TPSA) is 116 Å². The normalized spacial score (nSPS) is 23.2. The number of carbonyl (C=O) groups excluding carboxylic acids is 3. The first-order valence-corrected chi connectivity index (χ1v) is 8.31.